The molecule has 0 radical (unpaired) electrons. The second kappa shape index (κ2) is 7.40. The Morgan fingerprint density at radius 2 is 1.83 bits per heavy atom. The zero-order valence-corrected chi connectivity index (χ0v) is 12.2. The lowest BCUT2D eigenvalue weighted by atomic mass is 10.3. The molecule has 1 aliphatic rings. The molecule has 1 aliphatic heterocycles. The maximum atomic E-state index is 12.0. The summed E-state index contributed by atoms with van der Waals surface area (Å²) < 4.78 is 30.9. The molecule has 7 heteroatoms. The van der Waals surface area contributed by atoms with Crippen molar-refractivity contribution in [1.82, 2.24) is 9.21 Å². The smallest absolute Gasteiger partial charge is 0.216 e. The monoisotopic (exact) mass is 279 g/mol. The number of rotatable bonds is 7. The molecule has 6 nitrogen and oxygen atoms in total. The number of piperazine rings is 1. The van der Waals surface area contributed by atoms with E-state index in [1.54, 1.807) is 4.31 Å². The van der Waals surface area contributed by atoms with Gasteiger partial charge in [0.15, 0.2) is 0 Å². The first-order valence-electron chi connectivity index (χ1n) is 6.47. The molecule has 0 aromatic heterocycles. The molecular formula is C11H25N3O3S. The largest absolute Gasteiger partial charge is 0.378 e. The van der Waals surface area contributed by atoms with Crippen LogP contribution >= 0.6 is 0 Å². The Hall–Kier alpha value is -0.210. The van der Waals surface area contributed by atoms with Gasteiger partial charge in [0.25, 0.3) is 0 Å². The van der Waals surface area contributed by atoms with Crippen LogP contribution in [-0.4, -0.2) is 75.4 Å². The molecule has 0 amide bonds. The minimum absolute atomic E-state index is 0.0709. The molecule has 0 aromatic carbocycles. The van der Waals surface area contributed by atoms with Gasteiger partial charge >= 0.3 is 0 Å². The van der Waals surface area contributed by atoms with E-state index in [1.807, 2.05) is 13.8 Å². The van der Waals surface area contributed by atoms with E-state index in [-0.39, 0.29) is 18.5 Å². The summed E-state index contributed by atoms with van der Waals surface area (Å²) in [5, 5.41) is 0. The Kier molecular flexibility index (Phi) is 6.51. The Morgan fingerprint density at radius 1 is 1.22 bits per heavy atom. The predicted octanol–water partition coefficient (Wildman–Crippen LogP) is -0.682. The second-order valence-corrected chi connectivity index (χ2v) is 6.85. The third kappa shape index (κ3) is 5.19. The molecule has 1 fully saturated rings. The Morgan fingerprint density at radius 3 is 2.33 bits per heavy atom. The normalized spacial score (nSPS) is 19.6. The second-order valence-electron chi connectivity index (χ2n) is 4.76. The molecule has 0 bridgehead atoms. The molecule has 2 N–H and O–H groups in total. The highest BCUT2D eigenvalue weighted by Crippen LogP contribution is 2.08. The van der Waals surface area contributed by atoms with Crippen molar-refractivity contribution in [3.8, 4) is 0 Å². The molecule has 0 atom stereocenters. The summed E-state index contributed by atoms with van der Waals surface area (Å²) in [4.78, 5) is 2.19. The van der Waals surface area contributed by atoms with Crippen LogP contribution < -0.4 is 5.73 Å². The molecule has 0 aliphatic carbocycles. The van der Waals surface area contributed by atoms with Gasteiger partial charge in [0, 0.05) is 39.3 Å². The minimum atomic E-state index is -3.17. The summed E-state index contributed by atoms with van der Waals surface area (Å²) in [6, 6.07) is 0. The van der Waals surface area contributed by atoms with E-state index in [4.69, 9.17) is 10.5 Å². The van der Waals surface area contributed by atoms with Gasteiger partial charge in [0.05, 0.1) is 18.5 Å². The third-order valence-electron chi connectivity index (χ3n) is 2.96. The van der Waals surface area contributed by atoms with Crippen LogP contribution in [0.25, 0.3) is 0 Å². The van der Waals surface area contributed by atoms with Crippen molar-refractivity contribution in [2.24, 2.45) is 5.73 Å². The van der Waals surface area contributed by atoms with E-state index in [0.717, 1.165) is 19.6 Å². The van der Waals surface area contributed by atoms with Crippen molar-refractivity contribution in [3.63, 3.8) is 0 Å². The first-order valence-corrected chi connectivity index (χ1v) is 8.08. The lowest BCUT2D eigenvalue weighted by Crippen LogP contribution is -2.50. The lowest BCUT2D eigenvalue weighted by molar-refractivity contribution is 0.0903. The average molecular weight is 279 g/mol. The van der Waals surface area contributed by atoms with Gasteiger partial charge in [-0.1, -0.05) is 0 Å². The van der Waals surface area contributed by atoms with Gasteiger partial charge in [-0.2, -0.15) is 4.31 Å². The first kappa shape index (κ1) is 15.8. The molecule has 18 heavy (non-hydrogen) atoms. The molecule has 0 aromatic rings. The number of hydrogen-bond donors (Lipinski definition) is 1. The lowest BCUT2D eigenvalue weighted by Gasteiger charge is -2.33. The topological polar surface area (TPSA) is 75.9 Å². The van der Waals surface area contributed by atoms with Crippen molar-refractivity contribution in [2.45, 2.75) is 20.0 Å². The Labute approximate surface area is 110 Å². The quantitative estimate of drug-likeness (QED) is 0.668. The van der Waals surface area contributed by atoms with E-state index >= 15 is 0 Å². The van der Waals surface area contributed by atoms with Crippen LogP contribution in [0.5, 0.6) is 0 Å². The van der Waals surface area contributed by atoms with Gasteiger partial charge in [0.2, 0.25) is 10.0 Å². The van der Waals surface area contributed by atoms with Crippen LogP contribution in [0.3, 0.4) is 0 Å². The van der Waals surface area contributed by atoms with Gasteiger partial charge in [-0.3, -0.25) is 4.90 Å². The van der Waals surface area contributed by atoms with Crippen LogP contribution in [-0.2, 0) is 14.8 Å². The SMILES string of the molecule is CC(C)OCCS(=O)(=O)N1CCN(CCN)CC1. The number of hydrogen-bond acceptors (Lipinski definition) is 5. The van der Waals surface area contributed by atoms with Crippen LogP contribution in [0.2, 0.25) is 0 Å². The van der Waals surface area contributed by atoms with Crippen molar-refractivity contribution >= 4 is 10.0 Å². The fraction of sp³-hybridized carbons (Fsp3) is 1.00. The van der Waals surface area contributed by atoms with Crippen molar-refractivity contribution in [2.75, 3.05) is 51.6 Å². The van der Waals surface area contributed by atoms with Crippen molar-refractivity contribution in [3.05, 3.63) is 0 Å². The molecule has 0 saturated carbocycles. The van der Waals surface area contributed by atoms with Gasteiger partial charge < -0.3 is 10.5 Å². The molecule has 1 rings (SSSR count). The van der Waals surface area contributed by atoms with Crippen molar-refractivity contribution in [1.29, 1.82) is 0 Å². The van der Waals surface area contributed by atoms with Gasteiger partial charge in [-0.25, -0.2) is 8.42 Å². The molecule has 0 spiro atoms. The summed E-state index contributed by atoms with van der Waals surface area (Å²) in [5.74, 6) is 0.0715. The zero-order chi connectivity index (χ0) is 13.6. The number of sulfonamides is 1. The maximum Gasteiger partial charge on any atom is 0.216 e. The highest BCUT2D eigenvalue weighted by atomic mass is 32.2. The van der Waals surface area contributed by atoms with E-state index in [9.17, 15) is 8.42 Å². The first-order chi connectivity index (χ1) is 8.45. The fourth-order valence-electron chi connectivity index (χ4n) is 1.93. The number of nitrogens with zero attached hydrogens (tertiary/aromatic N) is 2. The highest BCUT2D eigenvalue weighted by molar-refractivity contribution is 7.89. The fourth-order valence-corrected chi connectivity index (χ4v) is 3.22. The van der Waals surface area contributed by atoms with Gasteiger partial charge in [-0.15, -0.1) is 0 Å². The third-order valence-corrected chi connectivity index (χ3v) is 4.80. The molecular weight excluding hydrogens is 254 g/mol. The van der Waals surface area contributed by atoms with Crippen LogP contribution in [0.4, 0.5) is 0 Å². The average Bonchev–Trinajstić information content (AvgIpc) is 2.29. The zero-order valence-electron chi connectivity index (χ0n) is 11.3. The summed E-state index contributed by atoms with van der Waals surface area (Å²) >= 11 is 0. The molecule has 0 unspecified atom stereocenters. The number of nitrogens with two attached hydrogens (primary N) is 1. The van der Waals surface area contributed by atoms with Crippen molar-refractivity contribution < 1.29 is 13.2 Å². The van der Waals surface area contributed by atoms with E-state index in [1.165, 1.54) is 0 Å². The summed E-state index contributed by atoms with van der Waals surface area (Å²) in [5.41, 5.74) is 5.48. The minimum Gasteiger partial charge on any atom is -0.378 e. The highest BCUT2D eigenvalue weighted by Gasteiger charge is 2.26. The Balaban J connectivity index is 2.36. The van der Waals surface area contributed by atoms with Crippen LogP contribution in [0.1, 0.15) is 13.8 Å². The van der Waals surface area contributed by atoms with E-state index < -0.39 is 10.0 Å². The van der Waals surface area contributed by atoms with Crippen LogP contribution in [0.15, 0.2) is 0 Å². The summed E-state index contributed by atoms with van der Waals surface area (Å²) in [6.45, 7) is 8.18. The maximum absolute atomic E-state index is 12.0. The molecule has 108 valence electrons. The molecule has 1 saturated heterocycles. The van der Waals surface area contributed by atoms with E-state index in [0.29, 0.717) is 19.6 Å². The number of ether oxygens (including phenoxy) is 1. The Bertz CT molecular complexity index is 324. The standard InChI is InChI=1S/C11H25N3O3S/c1-11(2)17-9-10-18(15,16)14-7-5-13(4-3-12)6-8-14/h11H,3-10,12H2,1-2H3. The van der Waals surface area contributed by atoms with Gasteiger partial charge in [0.1, 0.15) is 0 Å². The van der Waals surface area contributed by atoms with E-state index in [2.05, 4.69) is 4.90 Å². The molecule has 1 heterocycles. The van der Waals surface area contributed by atoms with Crippen LogP contribution in [0, 0.1) is 0 Å². The van der Waals surface area contributed by atoms with Gasteiger partial charge in [-0.05, 0) is 13.8 Å². The summed E-state index contributed by atoms with van der Waals surface area (Å²) in [7, 11) is -3.17. The summed E-state index contributed by atoms with van der Waals surface area (Å²) in [6.07, 6.45) is 0.0709. The predicted molar refractivity (Wildman–Crippen MR) is 71.9 cm³/mol.